The number of carbonyl (C=O) groups excluding carboxylic acids is 2. The van der Waals surface area contributed by atoms with E-state index >= 15 is 0 Å². The Balaban J connectivity index is 1.22. The van der Waals surface area contributed by atoms with Crippen LogP contribution in [-0.2, 0) is 22.6 Å². The molecule has 1 fully saturated rings. The molecule has 1 N–H and O–H groups in total. The lowest BCUT2D eigenvalue weighted by atomic mass is 10.1. The summed E-state index contributed by atoms with van der Waals surface area (Å²) in [5.74, 6) is 0.679. The smallest absolute Gasteiger partial charge is 0.246 e. The first kappa shape index (κ1) is 20.1. The molecule has 0 aromatic carbocycles. The zero-order valence-electron chi connectivity index (χ0n) is 17.3. The quantitative estimate of drug-likeness (QED) is 0.590. The van der Waals surface area contributed by atoms with Crippen molar-refractivity contribution >= 4 is 35.0 Å². The van der Waals surface area contributed by atoms with E-state index in [1.165, 1.54) is 5.57 Å². The first-order valence-electron chi connectivity index (χ1n) is 10.7. The molecule has 3 aliphatic rings. The average molecular weight is 436 g/mol. The molecule has 3 aliphatic heterocycles. The molecule has 1 atom stereocenters. The van der Waals surface area contributed by atoms with Gasteiger partial charge in [-0.1, -0.05) is 11.6 Å². The van der Waals surface area contributed by atoms with Crippen molar-refractivity contribution in [3.8, 4) is 0 Å². The highest BCUT2D eigenvalue weighted by Crippen LogP contribution is 2.28. The van der Waals surface area contributed by atoms with Gasteiger partial charge in [-0.3, -0.25) is 14.5 Å². The molecule has 0 spiro atoms. The predicted molar refractivity (Wildman–Crippen MR) is 120 cm³/mol. The van der Waals surface area contributed by atoms with Gasteiger partial charge in [0.1, 0.15) is 5.82 Å². The third-order valence-electron chi connectivity index (χ3n) is 6.16. The third-order valence-corrected chi connectivity index (χ3v) is 6.94. The number of carbonyl (C=O) groups is 2. The molecule has 8 heteroatoms. The third kappa shape index (κ3) is 4.45. The minimum absolute atomic E-state index is 0.00685. The first-order chi connectivity index (χ1) is 15.2. The molecule has 0 radical (unpaired) electrons. The van der Waals surface area contributed by atoms with Crippen molar-refractivity contribution in [1.29, 1.82) is 0 Å². The normalized spacial score (nSPS) is 21.4. The van der Waals surface area contributed by atoms with Crippen LogP contribution in [0.1, 0.15) is 35.4 Å². The van der Waals surface area contributed by atoms with Crippen molar-refractivity contribution in [3.05, 3.63) is 57.7 Å². The number of hydrogen-bond donors (Lipinski definition) is 1. The molecule has 0 saturated carbocycles. The van der Waals surface area contributed by atoms with Crippen LogP contribution in [0.2, 0.25) is 0 Å². The van der Waals surface area contributed by atoms with Gasteiger partial charge in [-0.05, 0) is 43.5 Å². The molecule has 0 unspecified atom stereocenters. The molecule has 5 rings (SSSR count). The minimum atomic E-state index is -0.0533. The Morgan fingerprint density at radius 2 is 2.26 bits per heavy atom. The highest BCUT2D eigenvalue weighted by molar-refractivity contribution is 7.09. The summed E-state index contributed by atoms with van der Waals surface area (Å²) in [6, 6.07) is 1.97. The monoisotopic (exact) mass is 435 g/mol. The van der Waals surface area contributed by atoms with Gasteiger partial charge >= 0.3 is 0 Å². The number of amides is 2. The molecule has 0 aliphatic carbocycles. The molecule has 2 aromatic rings. The van der Waals surface area contributed by atoms with E-state index in [0.29, 0.717) is 18.9 Å². The van der Waals surface area contributed by atoms with E-state index in [1.54, 1.807) is 23.6 Å². The summed E-state index contributed by atoms with van der Waals surface area (Å²) in [4.78, 5) is 37.9. The zero-order chi connectivity index (χ0) is 21.2. The van der Waals surface area contributed by atoms with Crippen molar-refractivity contribution in [3.63, 3.8) is 0 Å². The fraction of sp³-hybridized carbons (Fsp3) is 0.391. The number of aromatic nitrogens is 2. The van der Waals surface area contributed by atoms with E-state index < -0.39 is 0 Å². The molecule has 2 amide bonds. The number of hydrogen-bond acceptors (Lipinski definition) is 6. The molecule has 160 valence electrons. The van der Waals surface area contributed by atoms with Crippen LogP contribution in [-0.4, -0.2) is 57.3 Å². The van der Waals surface area contributed by atoms with Crippen LogP contribution in [0.3, 0.4) is 0 Å². The van der Waals surface area contributed by atoms with E-state index in [9.17, 15) is 9.59 Å². The van der Waals surface area contributed by atoms with Gasteiger partial charge in [0, 0.05) is 55.5 Å². The lowest BCUT2D eigenvalue weighted by Crippen LogP contribution is -2.36. The van der Waals surface area contributed by atoms with Crippen molar-refractivity contribution in [2.24, 2.45) is 0 Å². The zero-order valence-corrected chi connectivity index (χ0v) is 18.1. The van der Waals surface area contributed by atoms with Crippen LogP contribution in [0.15, 0.2) is 41.6 Å². The van der Waals surface area contributed by atoms with Gasteiger partial charge in [-0.25, -0.2) is 9.97 Å². The van der Waals surface area contributed by atoms with Crippen LogP contribution < -0.4 is 5.32 Å². The topological polar surface area (TPSA) is 78.4 Å². The summed E-state index contributed by atoms with van der Waals surface area (Å²) in [7, 11) is 0. The highest BCUT2D eigenvalue weighted by atomic mass is 32.1. The summed E-state index contributed by atoms with van der Waals surface area (Å²) < 4.78 is 0. The lowest BCUT2D eigenvalue weighted by molar-refractivity contribution is -0.125. The average Bonchev–Trinajstić information content (AvgIpc) is 3.44. The SMILES string of the molecule is O=C1Nc2ncc(C=CC(=O)N3CC=C(Cc4nccs4)CC3)cc2CN2CCC[C@@H]12. The van der Waals surface area contributed by atoms with Gasteiger partial charge in [0.25, 0.3) is 0 Å². The lowest BCUT2D eigenvalue weighted by Gasteiger charge is -2.25. The van der Waals surface area contributed by atoms with Crippen LogP contribution in [0.25, 0.3) is 6.08 Å². The van der Waals surface area contributed by atoms with E-state index in [2.05, 4.69) is 26.3 Å². The minimum Gasteiger partial charge on any atom is -0.335 e. The molecule has 0 bridgehead atoms. The Bertz CT molecular complexity index is 1050. The van der Waals surface area contributed by atoms with Gasteiger partial charge in [-0.2, -0.15) is 0 Å². The summed E-state index contributed by atoms with van der Waals surface area (Å²) in [6.45, 7) is 3.00. The molecule has 7 nitrogen and oxygen atoms in total. The van der Waals surface area contributed by atoms with Gasteiger partial charge in [0.2, 0.25) is 11.8 Å². The molecular weight excluding hydrogens is 410 g/mol. The Kier molecular flexibility index (Phi) is 5.65. The number of fused-ring (bicyclic) bond motifs is 2. The Hall–Kier alpha value is -2.84. The number of rotatable bonds is 4. The van der Waals surface area contributed by atoms with Gasteiger partial charge < -0.3 is 10.2 Å². The predicted octanol–water partition coefficient (Wildman–Crippen LogP) is 2.87. The summed E-state index contributed by atoms with van der Waals surface area (Å²) in [5, 5.41) is 6.07. The second kappa shape index (κ2) is 8.72. The number of nitrogens with zero attached hydrogens (tertiary/aromatic N) is 4. The van der Waals surface area contributed by atoms with Crippen LogP contribution >= 0.6 is 11.3 Å². The number of anilines is 1. The second-order valence-electron chi connectivity index (χ2n) is 8.23. The Morgan fingerprint density at radius 3 is 3.06 bits per heavy atom. The van der Waals surface area contributed by atoms with E-state index in [0.717, 1.165) is 54.9 Å². The van der Waals surface area contributed by atoms with Crippen molar-refractivity contribution in [1.82, 2.24) is 19.8 Å². The van der Waals surface area contributed by atoms with E-state index in [-0.39, 0.29) is 17.9 Å². The van der Waals surface area contributed by atoms with Crippen LogP contribution in [0, 0.1) is 0 Å². The maximum absolute atomic E-state index is 12.6. The molecule has 31 heavy (non-hydrogen) atoms. The summed E-state index contributed by atoms with van der Waals surface area (Å²) in [6.07, 6.45) is 12.8. The van der Waals surface area contributed by atoms with E-state index in [1.807, 2.05) is 28.6 Å². The van der Waals surface area contributed by atoms with Crippen molar-refractivity contribution in [2.45, 2.75) is 38.3 Å². The first-order valence-corrected chi connectivity index (χ1v) is 11.6. The van der Waals surface area contributed by atoms with E-state index in [4.69, 9.17) is 0 Å². The van der Waals surface area contributed by atoms with Crippen molar-refractivity contribution < 1.29 is 9.59 Å². The Morgan fingerprint density at radius 1 is 1.32 bits per heavy atom. The van der Waals surface area contributed by atoms with Gasteiger partial charge in [0.05, 0.1) is 11.0 Å². The Labute approximate surface area is 185 Å². The number of pyridine rings is 1. The van der Waals surface area contributed by atoms with Crippen LogP contribution in [0.4, 0.5) is 5.82 Å². The van der Waals surface area contributed by atoms with Gasteiger partial charge in [-0.15, -0.1) is 11.3 Å². The summed E-state index contributed by atoms with van der Waals surface area (Å²) in [5.41, 5.74) is 3.22. The molecule has 2 aromatic heterocycles. The molecular formula is C23H25N5O2S. The number of thiazole rings is 1. The largest absolute Gasteiger partial charge is 0.335 e. The fourth-order valence-electron chi connectivity index (χ4n) is 4.46. The summed E-state index contributed by atoms with van der Waals surface area (Å²) >= 11 is 1.67. The van der Waals surface area contributed by atoms with Crippen molar-refractivity contribution in [2.75, 3.05) is 25.0 Å². The maximum Gasteiger partial charge on any atom is 0.246 e. The maximum atomic E-state index is 12.6. The number of nitrogens with one attached hydrogen (secondary N) is 1. The second-order valence-corrected chi connectivity index (χ2v) is 9.21. The molecule has 5 heterocycles. The van der Waals surface area contributed by atoms with Crippen LogP contribution in [0.5, 0.6) is 0 Å². The molecule has 1 saturated heterocycles. The highest BCUT2D eigenvalue weighted by Gasteiger charge is 2.34. The standard InChI is InChI=1S/C23H25N5O2S/c29-21(27-9-5-16(6-10-27)13-20-24-7-11-31-20)4-3-17-12-18-15-28-8-1-2-19(28)23(30)26-22(18)25-14-17/h3-5,7,11-12,14,19H,1-2,6,8-10,13,15H2,(H,25,26,30)/t19-/m0/s1. The fourth-order valence-corrected chi connectivity index (χ4v) is 5.13. The van der Waals surface area contributed by atoms with Gasteiger partial charge in [0.15, 0.2) is 0 Å².